The van der Waals surface area contributed by atoms with Crippen molar-refractivity contribution in [2.24, 2.45) is 0 Å². The summed E-state index contributed by atoms with van der Waals surface area (Å²) in [5.41, 5.74) is 3.96. The third-order valence-electron chi connectivity index (χ3n) is 3.58. The van der Waals surface area contributed by atoms with Crippen molar-refractivity contribution in [1.29, 1.82) is 0 Å². The first kappa shape index (κ1) is 21.1. The molecule has 0 amide bonds. The molecule has 0 aliphatic rings. The maximum Gasteiger partial charge on any atom is 0.306 e. The lowest BCUT2D eigenvalue weighted by molar-refractivity contribution is -0.145. The van der Waals surface area contributed by atoms with E-state index in [0.717, 1.165) is 31.1 Å². The normalized spacial score (nSPS) is 10.4. The molecular formula is C20H20I2O4. The maximum atomic E-state index is 11.5. The van der Waals surface area contributed by atoms with Crippen LogP contribution in [0.3, 0.4) is 0 Å². The zero-order valence-electron chi connectivity index (χ0n) is 14.3. The Morgan fingerprint density at radius 3 is 1.54 bits per heavy atom. The van der Waals surface area contributed by atoms with Crippen LogP contribution in [0.25, 0.3) is 11.1 Å². The maximum absolute atomic E-state index is 11.5. The summed E-state index contributed by atoms with van der Waals surface area (Å²) in [6.07, 6.45) is 0.858. The highest BCUT2D eigenvalue weighted by Gasteiger charge is 2.06. The molecule has 6 heteroatoms. The summed E-state index contributed by atoms with van der Waals surface area (Å²) in [5, 5.41) is 0. The predicted octanol–water partition coefficient (Wildman–Crippen LogP) is 5.09. The molecule has 2 aromatic carbocycles. The second-order valence-corrected chi connectivity index (χ2v) is 7.76. The van der Waals surface area contributed by atoms with E-state index in [1.165, 1.54) is 0 Å². The molecule has 0 saturated heterocycles. The van der Waals surface area contributed by atoms with E-state index in [9.17, 15) is 9.59 Å². The average Bonchev–Trinajstić information content (AvgIpc) is 2.66. The molecule has 0 heterocycles. The van der Waals surface area contributed by atoms with Crippen LogP contribution >= 0.6 is 45.2 Å². The molecule has 0 atom stereocenters. The van der Waals surface area contributed by atoms with Crippen LogP contribution in [0.2, 0.25) is 0 Å². The third kappa shape index (κ3) is 7.22. The van der Waals surface area contributed by atoms with Crippen LogP contribution in [0.1, 0.15) is 24.0 Å². The zero-order chi connectivity index (χ0) is 18.8. The average molecular weight is 578 g/mol. The van der Waals surface area contributed by atoms with Gasteiger partial charge in [0, 0.05) is 8.86 Å². The Balaban J connectivity index is 2.04. The Morgan fingerprint density at radius 2 is 1.15 bits per heavy atom. The van der Waals surface area contributed by atoms with Gasteiger partial charge in [0.05, 0.1) is 12.8 Å². The Labute approximate surface area is 180 Å². The lowest BCUT2D eigenvalue weighted by Gasteiger charge is -2.09. The van der Waals surface area contributed by atoms with Crippen LogP contribution < -0.4 is 0 Å². The minimum Gasteiger partial charge on any atom is -0.461 e. The van der Waals surface area contributed by atoms with Crippen molar-refractivity contribution in [3.8, 4) is 11.1 Å². The van der Waals surface area contributed by atoms with Gasteiger partial charge < -0.3 is 9.47 Å². The number of halogens is 2. The van der Waals surface area contributed by atoms with E-state index in [1.807, 2.05) is 48.5 Å². The lowest BCUT2D eigenvalue weighted by Crippen LogP contribution is -2.05. The van der Waals surface area contributed by atoms with E-state index >= 15 is 0 Å². The molecule has 0 radical (unpaired) electrons. The summed E-state index contributed by atoms with van der Waals surface area (Å²) in [7, 11) is 0. The summed E-state index contributed by atoms with van der Waals surface area (Å²) < 4.78 is 12.0. The van der Waals surface area contributed by atoms with E-state index in [0.29, 0.717) is 12.8 Å². The Morgan fingerprint density at radius 1 is 0.731 bits per heavy atom. The number of carbonyl (C=O) groups excluding carboxylic acids is 2. The van der Waals surface area contributed by atoms with Gasteiger partial charge in [-0.2, -0.15) is 0 Å². The second-order valence-electron chi connectivity index (χ2n) is 5.60. The minimum absolute atomic E-state index is 0.180. The fraction of sp³-hybridized carbons (Fsp3) is 0.300. The topological polar surface area (TPSA) is 52.6 Å². The molecule has 2 rings (SSSR count). The third-order valence-corrected chi connectivity index (χ3v) is 4.66. The molecule has 0 unspecified atom stereocenters. The number of esters is 2. The largest absolute Gasteiger partial charge is 0.461 e. The van der Waals surface area contributed by atoms with Crippen LogP contribution in [-0.4, -0.2) is 20.8 Å². The highest BCUT2D eigenvalue weighted by atomic mass is 127. The molecule has 0 saturated carbocycles. The lowest BCUT2D eigenvalue weighted by atomic mass is 10.0. The minimum atomic E-state index is -0.180. The summed E-state index contributed by atoms with van der Waals surface area (Å²) >= 11 is 4.31. The number of carbonyl (C=O) groups is 2. The SMILES string of the molecule is O=C(CCI)OCc1cccc(-c2cccc(COC(=O)CCI)c2)c1. The van der Waals surface area contributed by atoms with Gasteiger partial charge >= 0.3 is 11.9 Å². The quantitative estimate of drug-likeness (QED) is 0.237. The summed E-state index contributed by atoms with van der Waals surface area (Å²) in [6, 6.07) is 15.8. The number of alkyl halides is 2. The van der Waals surface area contributed by atoms with Crippen LogP contribution in [0.5, 0.6) is 0 Å². The Hall–Kier alpha value is -1.16. The van der Waals surface area contributed by atoms with E-state index in [1.54, 1.807) is 0 Å². The van der Waals surface area contributed by atoms with Crippen molar-refractivity contribution in [3.63, 3.8) is 0 Å². The van der Waals surface area contributed by atoms with Crippen LogP contribution in [0.15, 0.2) is 48.5 Å². The van der Waals surface area contributed by atoms with E-state index < -0.39 is 0 Å². The van der Waals surface area contributed by atoms with Crippen LogP contribution in [0, 0.1) is 0 Å². The molecule has 0 N–H and O–H groups in total. The first-order valence-electron chi connectivity index (χ1n) is 8.24. The number of benzene rings is 2. The predicted molar refractivity (Wildman–Crippen MR) is 118 cm³/mol. The van der Waals surface area contributed by atoms with Gasteiger partial charge in [0.25, 0.3) is 0 Å². The fourth-order valence-corrected chi connectivity index (χ4v) is 3.19. The van der Waals surface area contributed by atoms with Gasteiger partial charge in [-0.05, 0) is 34.4 Å². The van der Waals surface area contributed by atoms with Crippen molar-refractivity contribution in [2.45, 2.75) is 26.1 Å². The number of ether oxygens (including phenoxy) is 2. The van der Waals surface area contributed by atoms with Crippen molar-refractivity contribution in [3.05, 3.63) is 59.7 Å². The standard InChI is InChI=1S/C20H20I2O4/c21-9-7-19(23)25-13-15-3-1-5-17(11-15)18-6-2-4-16(12-18)14-26-20(24)8-10-22/h1-6,11-12H,7-10,13-14H2. The summed E-state index contributed by atoms with van der Waals surface area (Å²) in [5.74, 6) is -0.361. The molecule has 0 spiro atoms. The van der Waals surface area contributed by atoms with Gasteiger partial charge in [0.15, 0.2) is 0 Å². The van der Waals surface area contributed by atoms with Gasteiger partial charge in [-0.25, -0.2) is 0 Å². The zero-order valence-corrected chi connectivity index (χ0v) is 18.6. The number of hydrogen-bond acceptors (Lipinski definition) is 4. The smallest absolute Gasteiger partial charge is 0.306 e. The molecule has 0 aromatic heterocycles. The molecular weight excluding hydrogens is 558 g/mol. The van der Waals surface area contributed by atoms with Gasteiger partial charge in [-0.3, -0.25) is 9.59 Å². The van der Waals surface area contributed by atoms with Gasteiger partial charge in [0.1, 0.15) is 13.2 Å². The molecule has 0 aliphatic carbocycles. The first-order valence-corrected chi connectivity index (χ1v) is 11.3. The number of rotatable bonds is 9. The van der Waals surface area contributed by atoms with Crippen molar-refractivity contribution in [2.75, 3.05) is 8.86 Å². The molecule has 4 nitrogen and oxygen atoms in total. The van der Waals surface area contributed by atoms with Crippen LogP contribution in [-0.2, 0) is 32.3 Å². The summed E-state index contributed by atoms with van der Waals surface area (Å²) in [6.45, 7) is 0.549. The molecule has 0 aliphatic heterocycles. The molecule has 138 valence electrons. The fourth-order valence-electron chi connectivity index (χ4n) is 2.31. The van der Waals surface area contributed by atoms with E-state index in [4.69, 9.17) is 9.47 Å². The van der Waals surface area contributed by atoms with Crippen molar-refractivity contribution < 1.29 is 19.1 Å². The highest BCUT2D eigenvalue weighted by Crippen LogP contribution is 2.22. The van der Waals surface area contributed by atoms with Crippen molar-refractivity contribution in [1.82, 2.24) is 0 Å². The summed E-state index contributed by atoms with van der Waals surface area (Å²) in [4.78, 5) is 23.0. The van der Waals surface area contributed by atoms with Crippen LogP contribution in [0.4, 0.5) is 0 Å². The Bertz CT molecular complexity index is 683. The molecule has 0 bridgehead atoms. The molecule has 26 heavy (non-hydrogen) atoms. The first-order chi connectivity index (χ1) is 12.6. The van der Waals surface area contributed by atoms with E-state index in [2.05, 4.69) is 45.2 Å². The highest BCUT2D eigenvalue weighted by molar-refractivity contribution is 14.1. The second kappa shape index (κ2) is 11.5. The van der Waals surface area contributed by atoms with Gasteiger partial charge in [-0.15, -0.1) is 0 Å². The van der Waals surface area contributed by atoms with Gasteiger partial charge in [-0.1, -0.05) is 81.6 Å². The van der Waals surface area contributed by atoms with E-state index in [-0.39, 0.29) is 25.2 Å². The number of hydrogen-bond donors (Lipinski definition) is 0. The molecule has 0 fully saturated rings. The monoisotopic (exact) mass is 578 g/mol. The van der Waals surface area contributed by atoms with Crippen molar-refractivity contribution >= 4 is 57.1 Å². The Kier molecular flexibility index (Phi) is 9.38. The van der Waals surface area contributed by atoms with Gasteiger partial charge in [0.2, 0.25) is 0 Å². The molecule has 2 aromatic rings.